The molecule has 1 aliphatic rings. The number of amides is 1. The van der Waals surface area contributed by atoms with E-state index in [9.17, 15) is 9.59 Å². The Balaban J connectivity index is 2.05. The van der Waals surface area contributed by atoms with E-state index in [1.165, 1.54) is 0 Å². The minimum Gasteiger partial charge on any atom is -0.481 e. The quantitative estimate of drug-likeness (QED) is 0.894. The van der Waals surface area contributed by atoms with Gasteiger partial charge in [-0.2, -0.15) is 0 Å². The topological polar surface area (TPSA) is 66.4 Å². The molecule has 0 radical (unpaired) electrons. The fraction of sp³-hybridized carbons (Fsp3) is 0.429. The number of carbonyl (C=O) groups excluding carboxylic acids is 1. The first-order chi connectivity index (χ1) is 9.08. The summed E-state index contributed by atoms with van der Waals surface area (Å²) in [4.78, 5) is 23.3. The molecule has 0 saturated heterocycles. The lowest BCUT2D eigenvalue weighted by atomic mass is 9.78. The SMILES string of the molecule is O=C(Nc1ccc(Cl)cc1)[C@H]1CCCC[C@H]1C(=O)O. The Kier molecular flexibility index (Phi) is 4.43. The molecule has 0 aliphatic heterocycles. The summed E-state index contributed by atoms with van der Waals surface area (Å²) in [5, 5.41) is 12.5. The van der Waals surface area contributed by atoms with Gasteiger partial charge < -0.3 is 10.4 Å². The molecule has 4 nitrogen and oxygen atoms in total. The van der Waals surface area contributed by atoms with Gasteiger partial charge in [0.1, 0.15) is 0 Å². The highest BCUT2D eigenvalue weighted by Gasteiger charge is 2.35. The van der Waals surface area contributed by atoms with Gasteiger partial charge in [-0.05, 0) is 37.1 Å². The van der Waals surface area contributed by atoms with E-state index in [0.29, 0.717) is 23.6 Å². The van der Waals surface area contributed by atoms with Gasteiger partial charge in [0.2, 0.25) is 5.91 Å². The summed E-state index contributed by atoms with van der Waals surface area (Å²) in [5.74, 6) is -2.10. The van der Waals surface area contributed by atoms with Crippen LogP contribution < -0.4 is 5.32 Å². The Morgan fingerprint density at radius 2 is 1.68 bits per heavy atom. The highest BCUT2D eigenvalue weighted by atomic mass is 35.5. The number of rotatable bonds is 3. The number of halogens is 1. The molecule has 1 aliphatic carbocycles. The molecule has 0 unspecified atom stereocenters. The van der Waals surface area contributed by atoms with Crippen molar-refractivity contribution in [2.24, 2.45) is 11.8 Å². The lowest BCUT2D eigenvalue weighted by Gasteiger charge is -2.27. The molecule has 2 rings (SSSR count). The van der Waals surface area contributed by atoms with Crippen molar-refractivity contribution < 1.29 is 14.7 Å². The summed E-state index contributed by atoms with van der Waals surface area (Å²) in [6.07, 6.45) is 2.99. The van der Waals surface area contributed by atoms with Crippen LogP contribution in [0, 0.1) is 11.8 Å². The van der Waals surface area contributed by atoms with Crippen molar-refractivity contribution in [3.8, 4) is 0 Å². The average molecular weight is 282 g/mol. The zero-order chi connectivity index (χ0) is 13.8. The second-order valence-corrected chi connectivity index (χ2v) is 5.27. The summed E-state index contributed by atoms with van der Waals surface area (Å²) in [6, 6.07) is 6.79. The normalized spacial score (nSPS) is 22.8. The van der Waals surface area contributed by atoms with Crippen LogP contribution in [0.15, 0.2) is 24.3 Å². The predicted octanol–water partition coefficient (Wildman–Crippen LogP) is 3.17. The van der Waals surface area contributed by atoms with Crippen molar-refractivity contribution in [2.45, 2.75) is 25.7 Å². The van der Waals surface area contributed by atoms with Crippen LogP contribution in [-0.2, 0) is 9.59 Å². The minimum atomic E-state index is -0.879. The first-order valence-electron chi connectivity index (χ1n) is 6.37. The van der Waals surface area contributed by atoms with E-state index in [0.717, 1.165) is 12.8 Å². The summed E-state index contributed by atoms with van der Waals surface area (Å²) in [7, 11) is 0. The molecule has 2 N–H and O–H groups in total. The number of nitrogens with one attached hydrogen (secondary N) is 1. The van der Waals surface area contributed by atoms with Crippen LogP contribution in [0.5, 0.6) is 0 Å². The second-order valence-electron chi connectivity index (χ2n) is 4.83. The summed E-state index contributed by atoms with van der Waals surface area (Å²) >= 11 is 5.77. The molecule has 19 heavy (non-hydrogen) atoms. The van der Waals surface area contributed by atoms with Crippen LogP contribution in [-0.4, -0.2) is 17.0 Å². The molecule has 0 aromatic heterocycles. The van der Waals surface area contributed by atoms with Gasteiger partial charge >= 0.3 is 5.97 Å². The molecule has 0 spiro atoms. The highest BCUT2D eigenvalue weighted by molar-refractivity contribution is 6.30. The van der Waals surface area contributed by atoms with E-state index in [1.54, 1.807) is 24.3 Å². The van der Waals surface area contributed by atoms with Crippen molar-refractivity contribution in [3.63, 3.8) is 0 Å². The number of benzene rings is 1. The maximum Gasteiger partial charge on any atom is 0.307 e. The third-order valence-corrected chi connectivity index (χ3v) is 3.78. The first-order valence-corrected chi connectivity index (χ1v) is 6.75. The first kappa shape index (κ1) is 13.9. The zero-order valence-electron chi connectivity index (χ0n) is 10.4. The van der Waals surface area contributed by atoms with Gasteiger partial charge in [-0.15, -0.1) is 0 Å². The Morgan fingerprint density at radius 3 is 2.26 bits per heavy atom. The predicted molar refractivity (Wildman–Crippen MR) is 73.2 cm³/mol. The van der Waals surface area contributed by atoms with Gasteiger partial charge in [-0.25, -0.2) is 0 Å². The molecule has 1 amide bonds. The molecule has 1 aromatic rings. The van der Waals surface area contributed by atoms with Crippen molar-refractivity contribution >= 4 is 29.2 Å². The Bertz CT molecular complexity index is 472. The van der Waals surface area contributed by atoms with Gasteiger partial charge in [0.25, 0.3) is 0 Å². The van der Waals surface area contributed by atoms with E-state index in [2.05, 4.69) is 5.32 Å². The van der Waals surface area contributed by atoms with Gasteiger partial charge in [0.15, 0.2) is 0 Å². The standard InChI is InChI=1S/C14H16ClNO3/c15-9-5-7-10(8-6-9)16-13(17)11-3-1-2-4-12(11)14(18)19/h5-8,11-12H,1-4H2,(H,16,17)(H,18,19)/t11-,12+/m0/s1. The number of carbonyl (C=O) groups is 2. The van der Waals surface area contributed by atoms with Gasteiger partial charge in [0.05, 0.1) is 11.8 Å². The molecule has 1 aromatic carbocycles. The maximum atomic E-state index is 12.2. The number of hydrogen-bond donors (Lipinski definition) is 2. The zero-order valence-corrected chi connectivity index (χ0v) is 11.2. The fourth-order valence-corrected chi connectivity index (χ4v) is 2.63. The number of carboxylic acids is 1. The minimum absolute atomic E-state index is 0.213. The van der Waals surface area contributed by atoms with Crippen molar-refractivity contribution in [1.29, 1.82) is 0 Å². The Hall–Kier alpha value is -1.55. The average Bonchev–Trinajstić information content (AvgIpc) is 2.41. The molecule has 0 bridgehead atoms. The van der Waals surface area contributed by atoms with E-state index in [-0.39, 0.29) is 5.91 Å². The highest BCUT2D eigenvalue weighted by Crippen LogP contribution is 2.31. The monoisotopic (exact) mass is 281 g/mol. The number of hydrogen-bond acceptors (Lipinski definition) is 2. The molecule has 5 heteroatoms. The molecular weight excluding hydrogens is 266 g/mol. The van der Waals surface area contributed by atoms with Crippen LogP contribution in [0.1, 0.15) is 25.7 Å². The van der Waals surface area contributed by atoms with E-state index in [4.69, 9.17) is 16.7 Å². The molecule has 0 heterocycles. The lowest BCUT2D eigenvalue weighted by Crippen LogP contribution is -2.36. The van der Waals surface area contributed by atoms with Crippen LogP contribution in [0.3, 0.4) is 0 Å². The smallest absolute Gasteiger partial charge is 0.307 e. The second kappa shape index (κ2) is 6.06. The maximum absolute atomic E-state index is 12.2. The third kappa shape index (κ3) is 3.47. The fourth-order valence-electron chi connectivity index (χ4n) is 2.51. The number of aliphatic carboxylic acids is 1. The van der Waals surface area contributed by atoms with E-state index < -0.39 is 17.8 Å². The lowest BCUT2D eigenvalue weighted by molar-refractivity contribution is -0.147. The van der Waals surface area contributed by atoms with Gasteiger partial charge in [-0.1, -0.05) is 24.4 Å². The molecular formula is C14H16ClNO3. The number of carboxylic acid groups (broad SMARTS) is 1. The van der Waals surface area contributed by atoms with Crippen molar-refractivity contribution in [2.75, 3.05) is 5.32 Å². The number of anilines is 1. The van der Waals surface area contributed by atoms with Crippen molar-refractivity contribution in [3.05, 3.63) is 29.3 Å². The molecule has 1 saturated carbocycles. The Morgan fingerprint density at radius 1 is 1.11 bits per heavy atom. The van der Waals surface area contributed by atoms with Crippen LogP contribution in [0.4, 0.5) is 5.69 Å². The van der Waals surface area contributed by atoms with E-state index >= 15 is 0 Å². The molecule has 102 valence electrons. The Labute approximate surface area is 116 Å². The van der Waals surface area contributed by atoms with Gasteiger partial charge in [0, 0.05) is 10.7 Å². The van der Waals surface area contributed by atoms with E-state index in [1.807, 2.05) is 0 Å². The largest absolute Gasteiger partial charge is 0.481 e. The summed E-state index contributed by atoms with van der Waals surface area (Å²) in [6.45, 7) is 0. The molecule has 2 atom stereocenters. The third-order valence-electron chi connectivity index (χ3n) is 3.53. The van der Waals surface area contributed by atoms with Gasteiger partial charge in [-0.3, -0.25) is 9.59 Å². The van der Waals surface area contributed by atoms with Crippen LogP contribution >= 0.6 is 11.6 Å². The molecule has 1 fully saturated rings. The van der Waals surface area contributed by atoms with Crippen LogP contribution in [0.25, 0.3) is 0 Å². The van der Waals surface area contributed by atoms with Crippen molar-refractivity contribution in [1.82, 2.24) is 0 Å². The summed E-state index contributed by atoms with van der Waals surface area (Å²) < 4.78 is 0. The van der Waals surface area contributed by atoms with Crippen LogP contribution in [0.2, 0.25) is 5.02 Å². The summed E-state index contributed by atoms with van der Waals surface area (Å²) in [5.41, 5.74) is 0.643.